The van der Waals surface area contributed by atoms with Gasteiger partial charge in [0.15, 0.2) is 11.1 Å². The van der Waals surface area contributed by atoms with Crippen molar-refractivity contribution in [2.24, 2.45) is 5.92 Å². The van der Waals surface area contributed by atoms with Gasteiger partial charge < -0.3 is 65.0 Å². The van der Waals surface area contributed by atoms with Crippen molar-refractivity contribution in [1.29, 1.82) is 0 Å². The van der Waals surface area contributed by atoms with Gasteiger partial charge in [0.1, 0.15) is 18.9 Å². The molecule has 24 heteroatoms. The second-order valence-electron chi connectivity index (χ2n) is 14.4. The molecule has 5 unspecified atom stereocenters. The normalized spacial score (nSPS) is 17.4. The number of aldehydes is 1. The van der Waals surface area contributed by atoms with Gasteiger partial charge in [0.2, 0.25) is 29.5 Å². The maximum Gasteiger partial charge on any atom is 0.293 e. The van der Waals surface area contributed by atoms with Crippen LogP contribution >= 0.6 is 12.6 Å². The third kappa shape index (κ3) is 42.1. The number of anilines is 1. The number of nitrogens with one attached hydrogen (secondary N) is 5. The minimum atomic E-state index is -1.69. The number of benzene rings is 1. The van der Waals surface area contributed by atoms with E-state index < -0.39 is 46.5 Å². The van der Waals surface area contributed by atoms with Crippen LogP contribution in [-0.2, 0) is 76.7 Å². The minimum Gasteiger partial charge on any atom is -0.483 e. The van der Waals surface area contributed by atoms with E-state index in [0.717, 1.165) is 30.5 Å². The zero-order valence-corrected chi connectivity index (χ0v) is 44.3. The molecule has 0 saturated carbocycles. The summed E-state index contributed by atoms with van der Waals surface area (Å²) in [5.74, 6) is -1.22. The molecule has 1 aromatic carbocycles. The number of carbonyl (C=O) groups is 8. The lowest BCUT2D eigenvalue weighted by Crippen LogP contribution is -2.53. The van der Waals surface area contributed by atoms with Gasteiger partial charge in [0, 0.05) is 45.7 Å². The number of aliphatic hydroxyl groups excluding tert-OH is 2. The molecule has 22 nitrogen and oxygen atoms in total. The molecule has 5 amide bonds. The number of methoxy groups -OCH3 is 1. The number of imide groups is 1. The molecule has 6 atom stereocenters. The number of carbonyl (C=O) groups excluding carboxylic acids is 7. The largest absolute Gasteiger partial charge is 0.483 e. The van der Waals surface area contributed by atoms with Gasteiger partial charge in [-0.2, -0.15) is 12.6 Å². The zero-order valence-electron chi connectivity index (χ0n) is 42.6. The van der Waals surface area contributed by atoms with E-state index in [1.54, 1.807) is 20.8 Å². The average molecular weight is 1030 g/mol. The Morgan fingerprint density at radius 2 is 1.57 bits per heavy atom. The molecule has 3 fully saturated rings. The van der Waals surface area contributed by atoms with Gasteiger partial charge in [-0.15, -0.1) is 0 Å². The van der Waals surface area contributed by atoms with E-state index in [-0.39, 0.29) is 54.7 Å². The third-order valence-corrected chi connectivity index (χ3v) is 9.17. The number of amides is 5. The van der Waals surface area contributed by atoms with Crippen molar-refractivity contribution in [3.8, 4) is 0 Å². The number of likely N-dealkylation sites (tertiary alicyclic amines) is 1. The van der Waals surface area contributed by atoms with Gasteiger partial charge in [0.05, 0.1) is 55.6 Å². The fourth-order valence-corrected chi connectivity index (χ4v) is 5.72. The maximum atomic E-state index is 12.0. The van der Waals surface area contributed by atoms with Gasteiger partial charge in [-0.05, 0) is 63.0 Å². The van der Waals surface area contributed by atoms with Crippen LogP contribution in [0.2, 0.25) is 0 Å². The number of carboxylic acid groups (broad SMARTS) is 1. The summed E-state index contributed by atoms with van der Waals surface area (Å²) in [6.07, 6.45) is 3.71. The summed E-state index contributed by atoms with van der Waals surface area (Å²) in [7, 11) is 7.14. The van der Waals surface area contributed by atoms with E-state index in [2.05, 4.69) is 56.9 Å². The third-order valence-electron chi connectivity index (χ3n) is 8.24. The minimum absolute atomic E-state index is 0.0292. The smallest absolute Gasteiger partial charge is 0.293 e. The lowest BCUT2D eigenvalue weighted by Gasteiger charge is -2.24. The van der Waals surface area contributed by atoms with Crippen molar-refractivity contribution in [2.75, 3.05) is 72.2 Å². The molecule has 3 aliphatic rings. The Bertz CT molecular complexity index is 1560. The number of nitrogens with zero attached hydrogens (tertiary/aromatic N) is 1. The van der Waals surface area contributed by atoms with Crippen LogP contribution in [0.25, 0.3) is 0 Å². The van der Waals surface area contributed by atoms with Crippen LogP contribution in [-0.4, -0.2) is 174 Å². The second-order valence-corrected chi connectivity index (χ2v) is 16.0. The summed E-state index contributed by atoms with van der Waals surface area (Å²) in [6.45, 7) is 17.5. The molecule has 0 spiro atoms. The summed E-state index contributed by atoms with van der Waals surface area (Å²) in [6, 6.07) is 4.77. The number of ether oxygens (including phenoxy) is 3. The molecule has 0 aliphatic carbocycles. The number of aryl methyl sites for hydroxylation is 1. The SMILES string of the molecule is CC.CC.CC(C=O)NC(=O)[C@@H](NC(=O)CN1CCCC1=O)C(C)C.CCCc1cc(NC)ccc1COC=O.CNC.COCCS(=O)O.O=C1CC(S)C(=O)N1.O=CO.OC1COCC(O)C1. The molecular weight excluding hydrogens is 945 g/mol. The van der Waals surface area contributed by atoms with Crippen molar-refractivity contribution in [3.05, 3.63) is 29.3 Å². The zero-order chi connectivity index (χ0) is 54.3. The molecule has 4 rings (SSSR count). The molecule has 3 saturated heterocycles. The summed E-state index contributed by atoms with van der Waals surface area (Å²) in [5, 5.41) is 37.2. The van der Waals surface area contributed by atoms with Crippen LogP contribution in [0.3, 0.4) is 0 Å². The van der Waals surface area contributed by atoms with Crippen LogP contribution in [0.5, 0.6) is 0 Å². The Kier molecular flexibility index (Phi) is 53.0. The maximum absolute atomic E-state index is 12.0. The number of thiol groups is 1. The average Bonchev–Trinajstić information content (AvgIpc) is 3.86. The quantitative estimate of drug-likeness (QED) is 0.0488. The van der Waals surface area contributed by atoms with Crippen LogP contribution in [0.15, 0.2) is 18.2 Å². The summed E-state index contributed by atoms with van der Waals surface area (Å²) < 4.78 is 31.9. The lowest BCUT2D eigenvalue weighted by atomic mass is 10.0. The second kappa shape index (κ2) is 49.8. The fraction of sp³-hybridized carbons (Fsp3) is 0.689. The fourth-order valence-electron chi connectivity index (χ4n) is 5.18. The summed E-state index contributed by atoms with van der Waals surface area (Å²) in [4.78, 5) is 86.7. The number of aliphatic hydroxyl groups is 2. The van der Waals surface area contributed by atoms with E-state index in [4.69, 9.17) is 34.1 Å². The molecular formula is C45H84N6O16S2. The lowest BCUT2D eigenvalue weighted by molar-refractivity contribution is -0.135. The molecule has 3 heterocycles. The van der Waals surface area contributed by atoms with Crippen molar-refractivity contribution in [1.82, 2.24) is 26.2 Å². The van der Waals surface area contributed by atoms with Gasteiger partial charge >= 0.3 is 0 Å². The van der Waals surface area contributed by atoms with Crippen molar-refractivity contribution < 1.29 is 76.6 Å². The van der Waals surface area contributed by atoms with Crippen LogP contribution < -0.4 is 26.6 Å². The van der Waals surface area contributed by atoms with Crippen LogP contribution in [0.1, 0.15) is 98.6 Å². The molecule has 69 heavy (non-hydrogen) atoms. The molecule has 9 N–H and O–H groups in total. The van der Waals surface area contributed by atoms with Crippen LogP contribution in [0.4, 0.5) is 5.69 Å². The Labute approximate surface area is 417 Å². The van der Waals surface area contributed by atoms with E-state index in [1.807, 2.05) is 61.0 Å². The van der Waals surface area contributed by atoms with E-state index in [9.17, 15) is 37.8 Å². The standard InChI is InChI=1S/C14H23N3O4.C12H17NO2.C5H10O3.C4H5NO2S.C3H8O3S.C2H7N.2C2H6.CH2O2/c1-9(2)13(14(21)15-10(3)8-18)16-11(19)7-17-6-4-5-12(17)20;1-3-4-10-7-12(13-2)6-5-11(10)8-15-9-14;6-4-1-5(7)3-8-2-4;6-3-1-2(8)4(7)5-3;1-6-2-3-7(4)5;1-3-2;2*1-2;2-1-3/h8-10,13H,4-7H2,1-3H3,(H,15,21)(H,16,19);5-7,9,13H,3-4,8H2,1-2H3;4-7H,1-3H2;2,8H,1H2,(H,5,6,7);2-3H2,1H3,(H,4,5);3H,1-2H3;2*1-2H3;1H,(H,2,3)/t10?,13-;;;;;;;;/m0......../s1. The summed E-state index contributed by atoms with van der Waals surface area (Å²) in [5.41, 5.74) is 3.42. The van der Waals surface area contributed by atoms with Crippen molar-refractivity contribution in [2.45, 2.75) is 130 Å². The highest BCUT2D eigenvalue weighted by molar-refractivity contribution is 7.81. The van der Waals surface area contributed by atoms with Gasteiger partial charge in [-0.25, -0.2) is 4.21 Å². The number of hydrogen-bond acceptors (Lipinski definition) is 17. The molecule has 3 aliphatic heterocycles. The summed E-state index contributed by atoms with van der Waals surface area (Å²) >= 11 is 2.12. The molecule has 0 aromatic heterocycles. The predicted octanol–water partition coefficient (Wildman–Crippen LogP) is 1.71. The highest BCUT2D eigenvalue weighted by Crippen LogP contribution is 2.18. The van der Waals surface area contributed by atoms with Gasteiger partial charge in [0.25, 0.3) is 12.9 Å². The highest BCUT2D eigenvalue weighted by Gasteiger charge is 2.28. The molecule has 0 radical (unpaired) electrons. The monoisotopic (exact) mass is 1030 g/mol. The van der Waals surface area contributed by atoms with E-state index >= 15 is 0 Å². The van der Waals surface area contributed by atoms with Crippen molar-refractivity contribution >= 4 is 78.2 Å². The van der Waals surface area contributed by atoms with E-state index in [0.29, 0.717) is 58.6 Å². The molecule has 402 valence electrons. The highest BCUT2D eigenvalue weighted by atomic mass is 32.2. The predicted molar refractivity (Wildman–Crippen MR) is 269 cm³/mol. The van der Waals surface area contributed by atoms with E-state index in [1.165, 1.54) is 17.6 Å². The first-order valence-electron chi connectivity index (χ1n) is 22.6. The first-order chi connectivity index (χ1) is 32.7. The molecule has 1 aromatic rings. The first-order valence-corrected chi connectivity index (χ1v) is 24.4. The number of hydrogen-bond donors (Lipinski definition) is 10. The topological polar surface area (TPSA) is 326 Å². The van der Waals surface area contributed by atoms with Gasteiger partial charge in [-0.1, -0.05) is 61.0 Å². The Hall–Kier alpha value is -4.56. The Morgan fingerprint density at radius 1 is 1.00 bits per heavy atom. The first kappa shape index (κ1) is 73.4. The van der Waals surface area contributed by atoms with Crippen molar-refractivity contribution in [3.63, 3.8) is 0 Å². The van der Waals surface area contributed by atoms with Crippen LogP contribution in [0, 0.1) is 5.92 Å². The Morgan fingerprint density at radius 3 is 1.90 bits per heavy atom. The number of rotatable bonds is 16. The Balaban J connectivity index is -0.000000248. The molecule has 0 bridgehead atoms. The van der Waals surface area contributed by atoms with Gasteiger partial charge in [-0.3, -0.25) is 38.9 Å².